The molecule has 0 atom stereocenters. The smallest absolute Gasteiger partial charge is 0.205 e. The maximum absolute atomic E-state index is 12.1. The summed E-state index contributed by atoms with van der Waals surface area (Å²) in [6, 6.07) is 8.84. The topological polar surface area (TPSA) is 43.1 Å². The number of para-hydroxylation sites is 1. The van der Waals surface area contributed by atoms with Crippen molar-refractivity contribution in [1.82, 2.24) is 0 Å². The van der Waals surface area contributed by atoms with Crippen LogP contribution in [-0.2, 0) is 0 Å². The molecule has 0 bridgehead atoms. The summed E-state index contributed by atoms with van der Waals surface area (Å²) in [4.78, 5) is 12.7. The Bertz CT molecular complexity index is 528. The lowest BCUT2D eigenvalue weighted by Gasteiger charge is -2.01. The lowest BCUT2D eigenvalue weighted by Crippen LogP contribution is -2.02. The maximum atomic E-state index is 12.1. The number of nitrogen functional groups attached to an aromatic ring is 1. The monoisotopic (exact) mass is 251 g/mol. The third-order valence-corrected chi connectivity index (χ3v) is 3.84. The van der Waals surface area contributed by atoms with E-state index in [2.05, 4.69) is 0 Å². The molecule has 4 heteroatoms. The van der Waals surface area contributed by atoms with E-state index in [1.165, 1.54) is 11.3 Å². The number of anilines is 1. The fourth-order valence-electron chi connectivity index (χ4n) is 1.41. The van der Waals surface area contributed by atoms with E-state index in [4.69, 9.17) is 17.3 Å². The summed E-state index contributed by atoms with van der Waals surface area (Å²) in [5.74, 6) is -0.0712. The van der Waals surface area contributed by atoms with Gasteiger partial charge in [0.2, 0.25) is 5.78 Å². The van der Waals surface area contributed by atoms with Gasteiger partial charge in [-0.3, -0.25) is 4.79 Å². The van der Waals surface area contributed by atoms with Gasteiger partial charge in [0.1, 0.15) is 0 Å². The second kappa shape index (κ2) is 4.28. The molecular weight excluding hydrogens is 242 g/mol. The van der Waals surface area contributed by atoms with Crippen LogP contribution in [0.25, 0.3) is 0 Å². The molecule has 0 aliphatic heterocycles. The van der Waals surface area contributed by atoms with Crippen molar-refractivity contribution in [2.24, 2.45) is 0 Å². The molecule has 2 rings (SSSR count). The molecule has 0 saturated carbocycles. The zero-order valence-corrected chi connectivity index (χ0v) is 10.2. The number of nitrogens with two attached hydrogens (primary N) is 1. The second-order valence-electron chi connectivity index (χ2n) is 3.48. The fourth-order valence-corrected chi connectivity index (χ4v) is 2.56. The van der Waals surface area contributed by atoms with E-state index in [1.54, 1.807) is 30.3 Å². The van der Waals surface area contributed by atoms with E-state index < -0.39 is 0 Å². The van der Waals surface area contributed by atoms with Crippen molar-refractivity contribution in [1.29, 1.82) is 0 Å². The van der Waals surface area contributed by atoms with Crippen LogP contribution in [0.2, 0.25) is 4.34 Å². The fraction of sp³-hybridized carbons (Fsp3) is 0.0833. The molecule has 0 amide bonds. The molecular formula is C12H10ClNOS. The number of halogens is 1. The van der Waals surface area contributed by atoms with Gasteiger partial charge in [-0.05, 0) is 30.7 Å². The third-order valence-electron chi connectivity index (χ3n) is 2.29. The van der Waals surface area contributed by atoms with Gasteiger partial charge < -0.3 is 5.73 Å². The number of ketones is 1. The molecule has 1 heterocycles. The van der Waals surface area contributed by atoms with Crippen LogP contribution in [-0.4, -0.2) is 5.78 Å². The minimum atomic E-state index is -0.0712. The molecule has 2 N–H and O–H groups in total. The Kier molecular flexibility index (Phi) is 2.99. The Hall–Kier alpha value is -1.32. The van der Waals surface area contributed by atoms with E-state index in [9.17, 15) is 4.79 Å². The van der Waals surface area contributed by atoms with Gasteiger partial charge in [0.15, 0.2) is 0 Å². The van der Waals surface area contributed by atoms with Crippen LogP contribution in [0.5, 0.6) is 0 Å². The van der Waals surface area contributed by atoms with Gasteiger partial charge in [-0.25, -0.2) is 0 Å². The van der Waals surface area contributed by atoms with Crippen molar-refractivity contribution < 1.29 is 4.79 Å². The quantitative estimate of drug-likeness (QED) is 0.656. The SMILES string of the molecule is Cc1cc(C(=O)c2ccccc2N)sc1Cl. The highest BCUT2D eigenvalue weighted by molar-refractivity contribution is 7.18. The number of aryl methyl sites for hydroxylation is 1. The average molecular weight is 252 g/mol. The number of carbonyl (C=O) groups is 1. The molecule has 0 unspecified atom stereocenters. The highest BCUT2D eigenvalue weighted by Crippen LogP contribution is 2.29. The highest BCUT2D eigenvalue weighted by Gasteiger charge is 2.15. The number of benzene rings is 1. The molecule has 0 aliphatic carbocycles. The summed E-state index contributed by atoms with van der Waals surface area (Å²) < 4.78 is 0.651. The predicted octanol–water partition coefficient (Wildman–Crippen LogP) is 3.52. The summed E-state index contributed by atoms with van der Waals surface area (Å²) in [6.45, 7) is 1.88. The predicted molar refractivity (Wildman–Crippen MR) is 68.4 cm³/mol. The average Bonchev–Trinajstić information content (AvgIpc) is 2.59. The molecule has 0 spiro atoms. The normalized spacial score (nSPS) is 10.4. The molecule has 0 aliphatic rings. The maximum Gasteiger partial charge on any atom is 0.205 e. The first-order chi connectivity index (χ1) is 7.59. The second-order valence-corrected chi connectivity index (χ2v) is 5.14. The molecule has 16 heavy (non-hydrogen) atoms. The van der Waals surface area contributed by atoms with Crippen molar-refractivity contribution in [3.8, 4) is 0 Å². The summed E-state index contributed by atoms with van der Waals surface area (Å²) in [5, 5.41) is 0. The van der Waals surface area contributed by atoms with Crippen LogP contribution in [0.4, 0.5) is 5.69 Å². The lowest BCUT2D eigenvalue weighted by molar-refractivity contribution is 0.104. The zero-order valence-electron chi connectivity index (χ0n) is 8.66. The standard InChI is InChI=1S/C12H10ClNOS/c1-7-6-10(16-12(7)13)11(15)8-4-2-3-5-9(8)14/h2-6H,14H2,1H3. The van der Waals surface area contributed by atoms with Gasteiger partial charge in [-0.15, -0.1) is 11.3 Å². The Morgan fingerprint density at radius 2 is 2.06 bits per heavy atom. The van der Waals surface area contributed by atoms with E-state index in [-0.39, 0.29) is 5.78 Å². The van der Waals surface area contributed by atoms with Crippen molar-refractivity contribution in [2.75, 3.05) is 5.73 Å². The van der Waals surface area contributed by atoms with E-state index in [0.717, 1.165) is 5.56 Å². The van der Waals surface area contributed by atoms with Crippen molar-refractivity contribution in [3.05, 3.63) is 50.7 Å². The highest BCUT2D eigenvalue weighted by atomic mass is 35.5. The molecule has 0 radical (unpaired) electrons. The molecule has 82 valence electrons. The van der Waals surface area contributed by atoms with E-state index in [0.29, 0.717) is 20.5 Å². The van der Waals surface area contributed by atoms with Crippen LogP contribution < -0.4 is 5.73 Å². The number of carbonyl (C=O) groups excluding carboxylic acids is 1. The molecule has 1 aromatic heterocycles. The van der Waals surface area contributed by atoms with E-state index >= 15 is 0 Å². The summed E-state index contributed by atoms with van der Waals surface area (Å²) >= 11 is 7.22. The first-order valence-corrected chi connectivity index (χ1v) is 5.94. The van der Waals surface area contributed by atoms with Crippen LogP contribution in [0.1, 0.15) is 20.8 Å². The van der Waals surface area contributed by atoms with Gasteiger partial charge in [0, 0.05) is 11.3 Å². The summed E-state index contributed by atoms with van der Waals surface area (Å²) in [7, 11) is 0. The molecule has 2 nitrogen and oxygen atoms in total. The van der Waals surface area contributed by atoms with Crippen LogP contribution in [0.15, 0.2) is 30.3 Å². The van der Waals surface area contributed by atoms with Gasteiger partial charge in [0.25, 0.3) is 0 Å². The Morgan fingerprint density at radius 3 is 2.62 bits per heavy atom. The largest absolute Gasteiger partial charge is 0.398 e. The molecule has 2 aromatic rings. The van der Waals surface area contributed by atoms with Crippen LogP contribution in [0.3, 0.4) is 0 Å². The van der Waals surface area contributed by atoms with Crippen molar-refractivity contribution >= 4 is 34.4 Å². The number of rotatable bonds is 2. The Labute approximate surface area is 103 Å². The van der Waals surface area contributed by atoms with Gasteiger partial charge in [-0.2, -0.15) is 0 Å². The molecule has 0 fully saturated rings. The number of hydrogen-bond acceptors (Lipinski definition) is 3. The number of thiophene rings is 1. The minimum absolute atomic E-state index is 0.0712. The Balaban J connectivity index is 2.43. The van der Waals surface area contributed by atoms with Crippen molar-refractivity contribution in [2.45, 2.75) is 6.92 Å². The minimum Gasteiger partial charge on any atom is -0.398 e. The van der Waals surface area contributed by atoms with Gasteiger partial charge in [0.05, 0.1) is 9.21 Å². The van der Waals surface area contributed by atoms with Crippen LogP contribution in [0, 0.1) is 6.92 Å². The molecule has 1 aromatic carbocycles. The summed E-state index contributed by atoms with van der Waals surface area (Å²) in [6.07, 6.45) is 0. The first-order valence-electron chi connectivity index (χ1n) is 4.74. The number of hydrogen-bond donors (Lipinski definition) is 1. The third kappa shape index (κ3) is 1.96. The van der Waals surface area contributed by atoms with Gasteiger partial charge in [-0.1, -0.05) is 23.7 Å². The van der Waals surface area contributed by atoms with Crippen LogP contribution >= 0.6 is 22.9 Å². The summed E-state index contributed by atoms with van der Waals surface area (Å²) in [5.41, 5.74) is 7.70. The van der Waals surface area contributed by atoms with E-state index in [1.807, 2.05) is 6.92 Å². The Morgan fingerprint density at radius 1 is 1.38 bits per heavy atom. The van der Waals surface area contributed by atoms with Crippen molar-refractivity contribution in [3.63, 3.8) is 0 Å². The van der Waals surface area contributed by atoms with Gasteiger partial charge >= 0.3 is 0 Å². The first kappa shape index (κ1) is 11.2. The lowest BCUT2D eigenvalue weighted by atomic mass is 10.1. The zero-order chi connectivity index (χ0) is 11.7. The molecule has 0 saturated heterocycles.